The average molecular weight is 782 g/mol. The van der Waals surface area contributed by atoms with Crippen LogP contribution in [0.1, 0.15) is 117 Å². The molecule has 3 aliphatic carbocycles. The molecule has 0 saturated carbocycles. The second-order valence-electron chi connectivity index (χ2n) is 15.9. The van der Waals surface area contributed by atoms with Crippen molar-refractivity contribution in [1.29, 1.82) is 0 Å². The van der Waals surface area contributed by atoms with Crippen molar-refractivity contribution in [2.24, 2.45) is 10.8 Å². The van der Waals surface area contributed by atoms with E-state index in [9.17, 15) is 0 Å². The van der Waals surface area contributed by atoms with Gasteiger partial charge in [0.1, 0.15) is 0 Å². The predicted molar refractivity (Wildman–Crippen MR) is 205 cm³/mol. The van der Waals surface area contributed by atoms with E-state index in [2.05, 4.69) is 160 Å². The minimum Gasteiger partial charge on any atom is -1.00 e. The van der Waals surface area contributed by atoms with Crippen LogP contribution >= 0.6 is 0 Å². The van der Waals surface area contributed by atoms with Gasteiger partial charge in [-0.05, 0) is 0 Å². The number of halogens is 2. The SMILES string of the molecule is CCC1=C(CC)C(CC)(C(C)(C)C)C(C2=CC=CC2)=C2[C]([Zr+2]=[C](c3ccccc3)c3ccccc3)=c3cc(C(C)(C)C)cc(CC)c3=C12.[Cl-].[Cl-]. The van der Waals surface area contributed by atoms with Gasteiger partial charge in [-0.3, -0.25) is 0 Å². The Balaban J connectivity index is 0.00000281. The van der Waals surface area contributed by atoms with Crippen molar-refractivity contribution >= 4 is 12.1 Å². The molecular formula is C47H55Cl2Zr. The van der Waals surface area contributed by atoms with E-state index in [1.807, 2.05) is 0 Å². The van der Waals surface area contributed by atoms with Crippen LogP contribution in [0, 0.1) is 10.8 Å². The van der Waals surface area contributed by atoms with Crippen LogP contribution < -0.4 is 35.3 Å². The summed E-state index contributed by atoms with van der Waals surface area (Å²) >= 11 is -1.40. The topological polar surface area (TPSA) is 0 Å². The normalized spacial score (nSPS) is 18.3. The molecule has 0 aromatic heterocycles. The van der Waals surface area contributed by atoms with Gasteiger partial charge in [-0.2, -0.15) is 0 Å². The van der Waals surface area contributed by atoms with Crippen LogP contribution in [0.4, 0.5) is 0 Å². The molecule has 0 fully saturated rings. The molecule has 0 heterocycles. The van der Waals surface area contributed by atoms with Crippen molar-refractivity contribution in [1.82, 2.24) is 0 Å². The summed E-state index contributed by atoms with van der Waals surface area (Å²) in [4.78, 5) is 0. The first-order valence-electron chi connectivity index (χ1n) is 18.4. The zero-order valence-corrected chi connectivity index (χ0v) is 35.9. The van der Waals surface area contributed by atoms with E-state index in [1.54, 1.807) is 50.4 Å². The Morgan fingerprint density at radius 1 is 0.740 bits per heavy atom. The van der Waals surface area contributed by atoms with Gasteiger partial charge in [0, 0.05) is 0 Å². The van der Waals surface area contributed by atoms with Crippen molar-refractivity contribution in [3.8, 4) is 0 Å². The molecule has 0 spiro atoms. The molecule has 0 bridgehead atoms. The molecule has 3 aliphatic rings. The smallest absolute Gasteiger partial charge is 1.00 e. The van der Waals surface area contributed by atoms with Crippen LogP contribution in [-0.2, 0) is 34.6 Å². The Morgan fingerprint density at radius 3 is 1.78 bits per heavy atom. The molecule has 3 aromatic carbocycles. The third kappa shape index (κ3) is 6.70. The largest absolute Gasteiger partial charge is 1.00 e. The van der Waals surface area contributed by atoms with E-state index in [-0.39, 0.29) is 41.1 Å². The first-order chi connectivity index (χ1) is 22.9. The zero-order chi connectivity index (χ0) is 34.4. The summed E-state index contributed by atoms with van der Waals surface area (Å²) < 4.78 is 3.27. The summed E-state index contributed by atoms with van der Waals surface area (Å²) in [6, 6.07) is 27.8. The van der Waals surface area contributed by atoms with E-state index in [4.69, 9.17) is 0 Å². The molecule has 50 heavy (non-hydrogen) atoms. The van der Waals surface area contributed by atoms with Crippen LogP contribution in [0.15, 0.2) is 119 Å². The van der Waals surface area contributed by atoms with Crippen LogP contribution in [0.25, 0.3) is 8.85 Å². The fourth-order valence-corrected chi connectivity index (χ4v) is 13.0. The van der Waals surface area contributed by atoms with E-state index in [1.165, 1.54) is 22.3 Å². The molecule has 3 heteroatoms. The molecule has 261 valence electrons. The first kappa shape index (κ1) is 40.5. The summed E-state index contributed by atoms with van der Waals surface area (Å²) in [5.41, 5.74) is 15.6. The van der Waals surface area contributed by atoms with Crippen LogP contribution in [-0.4, -0.2) is 3.21 Å². The quantitative estimate of drug-likeness (QED) is 0.305. The number of aryl methyl sites for hydroxylation is 1. The Morgan fingerprint density at radius 2 is 1.34 bits per heavy atom. The van der Waals surface area contributed by atoms with Crippen LogP contribution in [0.3, 0.4) is 0 Å². The molecular weight excluding hydrogens is 727 g/mol. The zero-order valence-electron chi connectivity index (χ0n) is 32.0. The number of fused-ring (bicyclic) bond motifs is 2. The number of hydrogen-bond acceptors (Lipinski definition) is 0. The number of allylic oxidation sites excluding steroid dienone is 8. The van der Waals surface area contributed by atoms with Crippen molar-refractivity contribution < 1.29 is 47.6 Å². The Labute approximate surface area is 326 Å². The van der Waals surface area contributed by atoms with Gasteiger partial charge >= 0.3 is 304 Å². The fraction of sp³-hybridized carbons (Fsp3) is 0.383. The van der Waals surface area contributed by atoms with Gasteiger partial charge in [0.05, 0.1) is 0 Å². The minimum absolute atomic E-state index is 0. The maximum absolute atomic E-state index is 2.64. The molecule has 3 aromatic rings. The number of hydrogen-bond donors (Lipinski definition) is 0. The van der Waals surface area contributed by atoms with E-state index in [0.717, 1.165) is 32.1 Å². The molecule has 1 unspecified atom stereocenters. The average Bonchev–Trinajstić information content (AvgIpc) is 3.72. The molecule has 0 N–H and O–H groups in total. The van der Waals surface area contributed by atoms with Crippen molar-refractivity contribution in [3.05, 3.63) is 152 Å². The van der Waals surface area contributed by atoms with Crippen molar-refractivity contribution in [2.75, 3.05) is 0 Å². The summed E-state index contributed by atoms with van der Waals surface area (Å²) in [5, 5.41) is 3.11. The van der Waals surface area contributed by atoms with Gasteiger partial charge in [0.15, 0.2) is 0 Å². The van der Waals surface area contributed by atoms with Crippen LogP contribution in [0.5, 0.6) is 0 Å². The Hall–Kier alpha value is -2.31. The maximum atomic E-state index is 2.64. The standard InChI is InChI=1S/C34H45.C13H10.2ClH.Zr/c1-11-22-19-25(32(5,6)7)20-24-21-27-30(29(22)24)26(12-2)28(13-3)34(14-4,33(8,9)10)31(27)23-17-15-16-18-23;1-3-7-12(8-4-1)11-13-9-5-2-6-10-13;;;/h15-17,19-20H,11-14,18H2,1-10H3;1-10H;2*1H;/q;;;;+2/p-2. The molecule has 0 saturated heterocycles. The van der Waals surface area contributed by atoms with Gasteiger partial charge in [0.25, 0.3) is 0 Å². The maximum Gasteiger partial charge on any atom is -1.00 e. The van der Waals surface area contributed by atoms with Crippen molar-refractivity contribution in [3.63, 3.8) is 0 Å². The summed E-state index contributed by atoms with van der Waals surface area (Å²) in [6.45, 7) is 24.5. The third-order valence-corrected chi connectivity index (χ3v) is 15.3. The molecule has 0 amide bonds. The monoisotopic (exact) mass is 779 g/mol. The predicted octanol–water partition coefficient (Wildman–Crippen LogP) is 4.93. The second kappa shape index (κ2) is 15.7. The van der Waals surface area contributed by atoms with E-state index in [0.29, 0.717) is 0 Å². The Bertz CT molecular complexity index is 1980. The van der Waals surface area contributed by atoms with E-state index < -0.39 is 22.8 Å². The van der Waals surface area contributed by atoms with Gasteiger partial charge in [0.2, 0.25) is 0 Å². The minimum atomic E-state index is -1.40. The van der Waals surface area contributed by atoms with Gasteiger partial charge in [-0.1, -0.05) is 0 Å². The van der Waals surface area contributed by atoms with E-state index >= 15 is 0 Å². The fourth-order valence-electron chi connectivity index (χ4n) is 9.11. The second-order valence-corrected chi connectivity index (χ2v) is 19.0. The summed E-state index contributed by atoms with van der Waals surface area (Å²) in [6.07, 6.45) is 12.5. The molecule has 0 radical (unpaired) electrons. The molecule has 0 aliphatic heterocycles. The first-order valence-corrected chi connectivity index (χ1v) is 20.9. The molecule has 0 nitrogen and oxygen atoms in total. The third-order valence-electron chi connectivity index (χ3n) is 11.3. The van der Waals surface area contributed by atoms with Crippen molar-refractivity contribution in [2.45, 2.75) is 107 Å². The van der Waals surface area contributed by atoms with Gasteiger partial charge < -0.3 is 24.8 Å². The van der Waals surface area contributed by atoms with Crippen LogP contribution in [0.2, 0.25) is 0 Å². The summed E-state index contributed by atoms with van der Waals surface area (Å²) in [5.74, 6) is 0. The Kier molecular flexibility index (Phi) is 12.7. The number of benzene rings is 3. The van der Waals surface area contributed by atoms with Gasteiger partial charge in [-0.25, -0.2) is 0 Å². The summed E-state index contributed by atoms with van der Waals surface area (Å²) in [7, 11) is 0. The molecule has 6 rings (SSSR count). The van der Waals surface area contributed by atoms with Gasteiger partial charge in [-0.15, -0.1) is 0 Å². The molecule has 1 atom stereocenters. The number of rotatable bonds is 8.